The molecule has 0 saturated heterocycles. The minimum absolute atomic E-state index is 0.0386. The van der Waals surface area contributed by atoms with E-state index in [1.807, 2.05) is 65.6 Å². The molecule has 1 unspecified atom stereocenters. The summed E-state index contributed by atoms with van der Waals surface area (Å²) in [6, 6.07) is 15.2. The van der Waals surface area contributed by atoms with Crippen molar-refractivity contribution in [3.63, 3.8) is 0 Å². The van der Waals surface area contributed by atoms with Crippen molar-refractivity contribution in [2.45, 2.75) is 141 Å². The Morgan fingerprint density at radius 1 is 0.917 bits per heavy atom. The van der Waals surface area contributed by atoms with Crippen LogP contribution in [0.2, 0.25) is 37.8 Å². The number of ketones is 2. The van der Waals surface area contributed by atoms with Gasteiger partial charge in [-0.15, -0.1) is 0 Å². The summed E-state index contributed by atoms with van der Waals surface area (Å²) in [7, 11) is -8.28. The second-order valence-electron chi connectivity index (χ2n) is 20.2. The minimum atomic E-state index is -4.34. The number of rotatable bonds is 13. The van der Waals surface area contributed by atoms with Gasteiger partial charge in [-0.1, -0.05) is 65.0 Å². The molecule has 0 aliphatic heterocycles. The lowest BCUT2D eigenvalue weighted by Crippen LogP contribution is -2.81. The molecule has 0 spiro atoms. The fraction of sp³-hybridized carbons (Fsp3) is 0.659. The highest BCUT2D eigenvalue weighted by molar-refractivity contribution is 7.86. The van der Waals surface area contributed by atoms with Gasteiger partial charge in [0.2, 0.25) is 0 Å². The maximum atomic E-state index is 16.3. The average Bonchev–Trinajstić information content (AvgIpc) is 3.14. The molecule has 2 aromatic rings. The monoisotopic (exact) mass is 890 g/mol. The molecule has 9 atom stereocenters. The predicted molar refractivity (Wildman–Crippen MR) is 231 cm³/mol. The smallest absolute Gasteiger partial charge is 0.338 e. The zero-order valence-electron chi connectivity index (χ0n) is 37.5. The van der Waals surface area contributed by atoms with E-state index in [4.69, 9.17) is 27.2 Å². The third kappa shape index (κ3) is 9.00. The number of methoxy groups -OCH3 is 1. The van der Waals surface area contributed by atoms with Crippen LogP contribution in [0.5, 0.6) is 5.75 Å². The molecule has 334 valence electrons. The number of ether oxygens (including phenoxy) is 3. The Labute approximate surface area is 358 Å². The van der Waals surface area contributed by atoms with E-state index in [1.165, 1.54) is 12.1 Å². The molecule has 3 saturated carbocycles. The van der Waals surface area contributed by atoms with Gasteiger partial charge < -0.3 is 33.3 Å². The van der Waals surface area contributed by atoms with Gasteiger partial charge in [-0.25, -0.2) is 4.79 Å². The Morgan fingerprint density at radius 2 is 1.52 bits per heavy atom. The lowest BCUT2D eigenvalue weighted by molar-refractivity contribution is -0.286. The number of esters is 1. The quantitative estimate of drug-likeness (QED) is 0.127. The van der Waals surface area contributed by atoms with Gasteiger partial charge >= 0.3 is 5.97 Å². The fourth-order valence-corrected chi connectivity index (χ4v) is 12.0. The summed E-state index contributed by atoms with van der Waals surface area (Å²) in [4.78, 5) is 45.5. The van der Waals surface area contributed by atoms with Gasteiger partial charge in [0, 0.05) is 30.1 Å². The van der Waals surface area contributed by atoms with E-state index in [2.05, 4.69) is 0 Å². The third-order valence-electron chi connectivity index (χ3n) is 13.8. The van der Waals surface area contributed by atoms with E-state index in [0.29, 0.717) is 5.75 Å². The Balaban J connectivity index is 1.89. The Morgan fingerprint density at radius 3 is 2.05 bits per heavy atom. The van der Waals surface area contributed by atoms with Gasteiger partial charge in [0.05, 0.1) is 43.7 Å². The second-order valence-corrected chi connectivity index (χ2v) is 31.1. The first-order valence-electron chi connectivity index (χ1n) is 20.7. The zero-order valence-corrected chi connectivity index (χ0v) is 40.3. The first-order valence-corrected chi connectivity index (χ1v) is 28.8. The number of hydrogen-bond acceptors (Lipinski definition) is 13. The molecule has 13 nitrogen and oxygen atoms in total. The number of hydrogen-bond donors (Lipinski definition) is 2. The van der Waals surface area contributed by atoms with Crippen LogP contribution in [-0.4, -0.2) is 108 Å². The van der Waals surface area contributed by atoms with Crippen LogP contribution in [0.1, 0.15) is 76.7 Å². The largest absolute Gasteiger partial charge is 0.497 e. The predicted octanol–water partition coefficient (Wildman–Crippen LogP) is 6.47. The van der Waals surface area contributed by atoms with Crippen molar-refractivity contribution < 1.29 is 60.3 Å². The van der Waals surface area contributed by atoms with Crippen LogP contribution in [-0.2, 0) is 48.8 Å². The zero-order chi connectivity index (χ0) is 45.1. The van der Waals surface area contributed by atoms with Gasteiger partial charge in [-0.05, 0) is 80.9 Å². The van der Waals surface area contributed by atoms with Crippen LogP contribution in [0.25, 0.3) is 0 Å². The van der Waals surface area contributed by atoms with Crippen LogP contribution in [0.15, 0.2) is 54.6 Å². The summed E-state index contributed by atoms with van der Waals surface area (Å²) >= 11 is 0. The van der Waals surface area contributed by atoms with E-state index >= 15 is 4.79 Å². The molecule has 2 bridgehead atoms. The van der Waals surface area contributed by atoms with Crippen molar-refractivity contribution in [2.24, 2.45) is 22.7 Å². The number of carbonyl (C=O) groups excluding carboxylic acids is 3. The van der Waals surface area contributed by atoms with E-state index < -0.39 is 114 Å². The molecule has 2 N–H and O–H groups in total. The molecule has 2 aromatic carbocycles. The number of carbonyl (C=O) groups is 3. The van der Waals surface area contributed by atoms with E-state index in [1.54, 1.807) is 58.2 Å². The molecule has 60 heavy (non-hydrogen) atoms. The molecule has 16 heteroatoms. The normalized spacial score (nSPS) is 32.4. The number of benzene rings is 2. The highest BCUT2D eigenvalue weighted by Crippen LogP contribution is 2.63. The Kier molecular flexibility index (Phi) is 13.4. The maximum absolute atomic E-state index is 16.3. The van der Waals surface area contributed by atoms with Crippen LogP contribution in [0, 0.1) is 22.7 Å². The van der Waals surface area contributed by atoms with Crippen molar-refractivity contribution >= 4 is 44.3 Å². The maximum Gasteiger partial charge on any atom is 0.338 e. The summed E-state index contributed by atoms with van der Waals surface area (Å²) in [5.74, 6) is -4.06. The average molecular weight is 891 g/mol. The van der Waals surface area contributed by atoms with E-state index in [0.717, 1.165) is 11.8 Å². The molecule has 0 heterocycles. The summed E-state index contributed by atoms with van der Waals surface area (Å²) in [6.45, 7) is 19.9. The highest BCUT2D eigenvalue weighted by atomic mass is 32.2. The van der Waals surface area contributed by atoms with Gasteiger partial charge in [-0.2, -0.15) is 8.42 Å². The Hall–Kier alpha value is -2.81. The van der Waals surface area contributed by atoms with Crippen LogP contribution in [0.3, 0.4) is 0 Å². The van der Waals surface area contributed by atoms with Gasteiger partial charge in [0.15, 0.2) is 33.8 Å². The molecule has 0 radical (unpaired) electrons. The molecular formula is C44H66O13SSi2. The number of fused-ring (bicyclic) bond motifs is 3. The van der Waals surface area contributed by atoms with Crippen LogP contribution in [0.4, 0.5) is 0 Å². The van der Waals surface area contributed by atoms with Crippen molar-refractivity contribution in [1.82, 2.24) is 0 Å². The number of Topliss-reactive ketones (excluding diaryl/α,β-unsaturated/α-hetero) is 2. The first kappa shape index (κ1) is 48.2. The van der Waals surface area contributed by atoms with Gasteiger partial charge in [-0.3, -0.25) is 13.8 Å². The molecule has 0 aromatic heterocycles. The Bertz CT molecular complexity index is 2010. The van der Waals surface area contributed by atoms with Gasteiger partial charge in [0.1, 0.15) is 29.7 Å². The lowest BCUT2D eigenvalue weighted by atomic mass is 9.44. The lowest BCUT2D eigenvalue weighted by Gasteiger charge is -2.65. The number of aliphatic hydroxyl groups is 2. The molecule has 3 fully saturated rings. The molecule has 3 aliphatic rings. The van der Waals surface area contributed by atoms with E-state index in [9.17, 15) is 28.2 Å². The van der Waals surface area contributed by atoms with Crippen molar-refractivity contribution in [1.29, 1.82) is 0 Å². The third-order valence-corrected chi connectivity index (χ3v) is 19.9. The first-order chi connectivity index (χ1) is 27.4. The van der Waals surface area contributed by atoms with Crippen molar-refractivity contribution in [3.8, 4) is 5.75 Å². The molecule has 3 aliphatic carbocycles. The second kappa shape index (κ2) is 16.7. The van der Waals surface area contributed by atoms with Gasteiger partial charge in [0.25, 0.3) is 10.1 Å². The van der Waals surface area contributed by atoms with Crippen LogP contribution < -0.4 is 4.74 Å². The van der Waals surface area contributed by atoms with Crippen molar-refractivity contribution in [3.05, 3.63) is 65.7 Å². The molecule has 5 rings (SSSR count). The SMILES string of the molecule is COc1ccc(CO[C@H]2C(=O)[C@@]3(C)C([C@H](OC(=O)c4ccccc4)[C@]4(O)C(=O)CC[C@H]2C4(C)C)[C@](O)(CO[Si](C)(C)C)[C@@H](OS(C)(=O)=O)C[C@@H]3O[Si](C)(C)C(C)(C)C)cc1. The summed E-state index contributed by atoms with van der Waals surface area (Å²) in [5, 5.41) is 26.8. The summed E-state index contributed by atoms with van der Waals surface area (Å²) in [5.41, 5.74) is -7.76. The fourth-order valence-electron chi connectivity index (χ4n) is 9.28. The van der Waals surface area contributed by atoms with Crippen molar-refractivity contribution in [2.75, 3.05) is 20.0 Å². The molecular weight excluding hydrogens is 825 g/mol. The van der Waals surface area contributed by atoms with E-state index in [-0.39, 0.29) is 31.4 Å². The minimum Gasteiger partial charge on any atom is -0.497 e. The standard InChI is InChI=1S/C44H66O13SSi2/c1-40(2,3)60(12,13)57-33-25-34(56-58(8,50)51)43(48,27-54-59(9,10)11)36-38(55-39(47)29-17-15-14-16-18-29)44(49)32(45)24-23-31(41(44,4)5)35(37(46)42(33,36)6)53-26-28-19-21-30(52-7)22-20-28/h14-22,31,33-36,38,48-49H,23-27H2,1-13H3/t31-,33+,34+,35-,36?,38+,42-,43+,44-/m1/s1. The molecule has 0 amide bonds. The topological polar surface area (TPSA) is 181 Å². The summed E-state index contributed by atoms with van der Waals surface area (Å²) < 4.78 is 64.5. The highest BCUT2D eigenvalue weighted by Gasteiger charge is 2.77. The van der Waals surface area contributed by atoms with Crippen LogP contribution >= 0.6 is 0 Å². The summed E-state index contributed by atoms with van der Waals surface area (Å²) in [6.07, 6.45) is -5.62.